The molecule has 0 N–H and O–H groups in total. The molecule has 152 valence electrons. The third-order valence-corrected chi connectivity index (χ3v) is 5.31. The summed E-state index contributed by atoms with van der Waals surface area (Å²) < 4.78 is 3.24. The Hall–Kier alpha value is -3.66. The molecule has 0 aromatic carbocycles. The van der Waals surface area contributed by atoms with Gasteiger partial charge in [-0.3, -0.25) is 14.7 Å². The fraction of sp³-hybridized carbons (Fsp3) is 0.300. The van der Waals surface area contributed by atoms with Crippen molar-refractivity contribution in [3.05, 3.63) is 65.5 Å². The third-order valence-electron chi connectivity index (χ3n) is 5.31. The van der Waals surface area contributed by atoms with Crippen molar-refractivity contribution >= 4 is 11.5 Å². The summed E-state index contributed by atoms with van der Waals surface area (Å²) in [5, 5.41) is 17.0. The highest BCUT2D eigenvalue weighted by atomic mass is 16.1. The normalized spacial score (nSPS) is 15.0. The van der Waals surface area contributed by atoms with Gasteiger partial charge in [-0.05, 0) is 30.3 Å². The molecule has 0 bridgehead atoms. The average molecular weight is 403 g/mol. The van der Waals surface area contributed by atoms with Crippen molar-refractivity contribution in [3.63, 3.8) is 0 Å². The van der Waals surface area contributed by atoms with Gasteiger partial charge in [0.2, 0.25) is 0 Å². The molecule has 4 aromatic rings. The van der Waals surface area contributed by atoms with Gasteiger partial charge in [0.1, 0.15) is 12.1 Å². The molecule has 1 aliphatic rings. The van der Waals surface area contributed by atoms with Gasteiger partial charge in [0.05, 0.1) is 12.2 Å². The van der Waals surface area contributed by atoms with E-state index in [2.05, 4.69) is 35.2 Å². The van der Waals surface area contributed by atoms with E-state index in [-0.39, 0.29) is 5.56 Å². The lowest BCUT2D eigenvalue weighted by Crippen LogP contribution is -2.48. The first kappa shape index (κ1) is 18.4. The van der Waals surface area contributed by atoms with Gasteiger partial charge in [0.25, 0.3) is 5.56 Å². The Kier molecular flexibility index (Phi) is 4.89. The van der Waals surface area contributed by atoms with Crippen LogP contribution < -0.4 is 10.5 Å². The molecular formula is C20H21N9O. The van der Waals surface area contributed by atoms with E-state index in [9.17, 15) is 4.79 Å². The van der Waals surface area contributed by atoms with Gasteiger partial charge >= 0.3 is 0 Å². The highest BCUT2D eigenvalue weighted by Crippen LogP contribution is 2.15. The maximum absolute atomic E-state index is 12.2. The molecule has 0 unspecified atom stereocenters. The van der Waals surface area contributed by atoms with Crippen molar-refractivity contribution in [1.29, 1.82) is 0 Å². The first-order valence-electron chi connectivity index (χ1n) is 9.89. The molecule has 0 spiro atoms. The minimum absolute atomic E-state index is 0.0853. The van der Waals surface area contributed by atoms with Crippen LogP contribution in [0.5, 0.6) is 0 Å². The molecule has 0 aliphatic carbocycles. The zero-order valence-corrected chi connectivity index (χ0v) is 16.4. The van der Waals surface area contributed by atoms with Crippen LogP contribution in [0, 0.1) is 0 Å². The summed E-state index contributed by atoms with van der Waals surface area (Å²) in [4.78, 5) is 20.9. The van der Waals surface area contributed by atoms with Crippen LogP contribution in [0.15, 0.2) is 59.9 Å². The topological polar surface area (TPSA) is 97.3 Å². The lowest BCUT2D eigenvalue weighted by atomic mass is 10.2. The number of nitrogens with zero attached hydrogens (tertiary/aromatic N) is 9. The van der Waals surface area contributed by atoms with E-state index in [1.807, 2.05) is 24.3 Å². The van der Waals surface area contributed by atoms with Crippen LogP contribution in [0.4, 0.5) is 5.82 Å². The van der Waals surface area contributed by atoms with Crippen LogP contribution in [-0.4, -0.2) is 72.2 Å². The van der Waals surface area contributed by atoms with Crippen LogP contribution in [0.2, 0.25) is 0 Å². The fourth-order valence-corrected chi connectivity index (χ4v) is 3.61. The smallest absolute Gasteiger partial charge is 0.266 e. The quantitative estimate of drug-likeness (QED) is 0.477. The van der Waals surface area contributed by atoms with Crippen molar-refractivity contribution in [1.82, 2.24) is 39.5 Å². The summed E-state index contributed by atoms with van der Waals surface area (Å²) in [6, 6.07) is 11.0. The van der Waals surface area contributed by atoms with E-state index in [1.54, 1.807) is 40.1 Å². The summed E-state index contributed by atoms with van der Waals surface area (Å²) in [6.07, 6.45) is 5.06. The van der Waals surface area contributed by atoms with Gasteiger partial charge in [0.15, 0.2) is 5.65 Å². The SMILES string of the molecule is O=c1ccc(-c2ccncc2)nn1CCN1CCN(c2ccc3nncn3n2)CC1. The van der Waals surface area contributed by atoms with Gasteiger partial charge < -0.3 is 4.90 Å². The molecule has 0 radical (unpaired) electrons. The number of aromatic nitrogens is 7. The number of hydrogen-bond acceptors (Lipinski definition) is 8. The van der Waals surface area contributed by atoms with Crippen LogP contribution in [-0.2, 0) is 6.54 Å². The molecule has 1 saturated heterocycles. The van der Waals surface area contributed by atoms with Crippen molar-refractivity contribution in [2.24, 2.45) is 0 Å². The molecular weight excluding hydrogens is 382 g/mol. The molecule has 0 atom stereocenters. The van der Waals surface area contributed by atoms with E-state index < -0.39 is 0 Å². The number of fused-ring (bicyclic) bond motifs is 1. The third kappa shape index (κ3) is 3.77. The molecule has 1 aliphatic heterocycles. The minimum Gasteiger partial charge on any atom is -0.353 e. The van der Waals surface area contributed by atoms with Crippen molar-refractivity contribution < 1.29 is 0 Å². The summed E-state index contributed by atoms with van der Waals surface area (Å²) in [7, 11) is 0. The van der Waals surface area contributed by atoms with Crippen LogP contribution in [0.25, 0.3) is 16.9 Å². The second-order valence-electron chi connectivity index (χ2n) is 7.17. The van der Waals surface area contributed by atoms with Crippen LogP contribution in [0.3, 0.4) is 0 Å². The lowest BCUT2D eigenvalue weighted by Gasteiger charge is -2.35. The monoisotopic (exact) mass is 403 g/mol. The zero-order valence-electron chi connectivity index (χ0n) is 16.4. The highest BCUT2D eigenvalue weighted by Gasteiger charge is 2.18. The van der Waals surface area contributed by atoms with Gasteiger partial charge in [-0.15, -0.1) is 15.3 Å². The number of rotatable bonds is 5. The Balaban J connectivity index is 1.20. The van der Waals surface area contributed by atoms with Crippen LogP contribution in [0.1, 0.15) is 0 Å². The molecule has 0 amide bonds. The molecule has 5 rings (SSSR count). The van der Waals surface area contributed by atoms with Crippen LogP contribution >= 0.6 is 0 Å². The van der Waals surface area contributed by atoms with Gasteiger partial charge in [0, 0.05) is 56.7 Å². The Morgan fingerprint density at radius 3 is 2.53 bits per heavy atom. The van der Waals surface area contributed by atoms with Gasteiger partial charge in [-0.25, -0.2) is 4.68 Å². The Bertz CT molecular complexity index is 1200. The Morgan fingerprint density at radius 2 is 1.70 bits per heavy atom. The van der Waals surface area contributed by atoms with Gasteiger partial charge in [-0.1, -0.05) is 0 Å². The maximum Gasteiger partial charge on any atom is 0.266 e. The minimum atomic E-state index is -0.0853. The fourth-order valence-electron chi connectivity index (χ4n) is 3.61. The van der Waals surface area contributed by atoms with Crippen molar-refractivity contribution in [3.8, 4) is 11.3 Å². The van der Waals surface area contributed by atoms with E-state index >= 15 is 0 Å². The maximum atomic E-state index is 12.2. The number of anilines is 1. The molecule has 10 nitrogen and oxygen atoms in total. The first-order chi connectivity index (χ1) is 14.8. The molecule has 30 heavy (non-hydrogen) atoms. The van der Waals surface area contributed by atoms with Crippen molar-refractivity contribution in [2.75, 3.05) is 37.6 Å². The molecule has 1 fully saturated rings. The van der Waals surface area contributed by atoms with E-state index in [0.717, 1.165) is 55.4 Å². The number of piperazine rings is 1. The predicted octanol–water partition coefficient (Wildman–Crippen LogP) is 0.565. The first-order valence-corrected chi connectivity index (χ1v) is 9.89. The standard InChI is InChI=1S/C20H21N9O/c30-20-4-1-17(16-5-7-21-8-6-16)24-28(20)14-11-26-9-12-27(13-10-26)19-3-2-18-23-22-15-29(18)25-19/h1-8,15H,9-14H2. The second kappa shape index (κ2) is 7.99. The molecule has 0 saturated carbocycles. The molecule has 10 heteroatoms. The molecule has 4 aromatic heterocycles. The summed E-state index contributed by atoms with van der Waals surface area (Å²) >= 11 is 0. The second-order valence-corrected chi connectivity index (χ2v) is 7.17. The largest absolute Gasteiger partial charge is 0.353 e. The van der Waals surface area contributed by atoms with Gasteiger partial charge in [-0.2, -0.15) is 9.61 Å². The van der Waals surface area contributed by atoms with Crippen molar-refractivity contribution in [2.45, 2.75) is 6.54 Å². The van der Waals surface area contributed by atoms with E-state index in [1.165, 1.54) is 0 Å². The highest BCUT2D eigenvalue weighted by molar-refractivity contribution is 5.57. The average Bonchev–Trinajstić information content (AvgIpc) is 3.27. The summed E-state index contributed by atoms with van der Waals surface area (Å²) in [5.41, 5.74) is 2.38. The predicted molar refractivity (Wildman–Crippen MR) is 111 cm³/mol. The zero-order chi connectivity index (χ0) is 20.3. The molecule has 5 heterocycles. The lowest BCUT2D eigenvalue weighted by molar-refractivity contribution is 0.242. The summed E-state index contributed by atoms with van der Waals surface area (Å²) in [6.45, 7) is 4.89. The summed E-state index contributed by atoms with van der Waals surface area (Å²) in [5.74, 6) is 0.921. The number of pyridine rings is 1. The Labute approximate surface area is 172 Å². The Morgan fingerprint density at radius 1 is 0.867 bits per heavy atom. The van der Waals surface area contributed by atoms with E-state index in [0.29, 0.717) is 6.54 Å². The number of hydrogen-bond donors (Lipinski definition) is 0. The van der Waals surface area contributed by atoms with E-state index in [4.69, 9.17) is 0 Å².